The van der Waals surface area contributed by atoms with Crippen LogP contribution < -0.4 is 14.8 Å². The van der Waals surface area contributed by atoms with Crippen molar-refractivity contribution in [3.63, 3.8) is 0 Å². The fraction of sp³-hybridized carbons (Fsp3) is 0.647. The Labute approximate surface area is 132 Å². The zero-order chi connectivity index (χ0) is 15.5. The summed E-state index contributed by atoms with van der Waals surface area (Å²) in [5.41, 5.74) is 1.67. The number of nitrogens with one attached hydrogen (secondary N) is 1. The van der Waals surface area contributed by atoms with E-state index < -0.39 is 0 Å². The van der Waals surface area contributed by atoms with Gasteiger partial charge in [0.1, 0.15) is 0 Å². The first-order chi connectivity index (χ1) is 9.95. The molecular formula is C17H27NO2S. The first-order valence-corrected chi connectivity index (χ1v) is 8.66. The second kappa shape index (κ2) is 6.93. The van der Waals surface area contributed by atoms with Crippen molar-refractivity contribution in [2.45, 2.75) is 39.3 Å². The molecule has 2 unspecified atom stereocenters. The monoisotopic (exact) mass is 309 g/mol. The number of rotatable bonds is 5. The number of thioether (sulfide) groups is 1. The molecule has 118 valence electrons. The molecule has 0 amide bonds. The van der Waals surface area contributed by atoms with Gasteiger partial charge < -0.3 is 14.8 Å². The van der Waals surface area contributed by atoms with Gasteiger partial charge in [-0.25, -0.2) is 0 Å². The molecule has 2 atom stereocenters. The Morgan fingerprint density at radius 2 is 1.95 bits per heavy atom. The van der Waals surface area contributed by atoms with Gasteiger partial charge in [-0.2, -0.15) is 11.8 Å². The van der Waals surface area contributed by atoms with Crippen LogP contribution in [0.2, 0.25) is 0 Å². The van der Waals surface area contributed by atoms with Crippen molar-refractivity contribution in [3.8, 4) is 11.5 Å². The molecule has 4 heteroatoms. The summed E-state index contributed by atoms with van der Waals surface area (Å²) < 4.78 is 10.7. The normalized spacial score (nSPS) is 22.6. The summed E-state index contributed by atoms with van der Waals surface area (Å²) in [6, 6.07) is 7.04. The van der Waals surface area contributed by atoms with Crippen molar-refractivity contribution in [2.24, 2.45) is 5.41 Å². The Kier molecular flexibility index (Phi) is 5.44. The molecule has 1 saturated heterocycles. The number of benzene rings is 1. The van der Waals surface area contributed by atoms with Gasteiger partial charge in [0, 0.05) is 17.8 Å². The molecule has 1 heterocycles. The van der Waals surface area contributed by atoms with E-state index in [4.69, 9.17) is 9.47 Å². The van der Waals surface area contributed by atoms with Crippen LogP contribution in [0.25, 0.3) is 0 Å². The zero-order valence-electron chi connectivity index (χ0n) is 13.7. The minimum absolute atomic E-state index is 0.310. The molecule has 1 fully saturated rings. The summed E-state index contributed by atoms with van der Waals surface area (Å²) in [5.74, 6) is 4.03. The van der Waals surface area contributed by atoms with E-state index in [0.29, 0.717) is 17.5 Å². The van der Waals surface area contributed by atoms with Crippen molar-refractivity contribution < 1.29 is 9.47 Å². The molecule has 21 heavy (non-hydrogen) atoms. The van der Waals surface area contributed by atoms with Crippen LogP contribution >= 0.6 is 11.8 Å². The molecule has 1 aliphatic rings. The molecule has 0 aromatic heterocycles. The van der Waals surface area contributed by atoms with Crippen molar-refractivity contribution in [2.75, 3.05) is 25.7 Å². The standard InChI is InChI=1S/C17H27NO2S/c1-12(18-14-9-17(2,3)11-21-10-14)13-6-7-15(19-4)16(8-13)20-5/h6-8,12,14,18H,9-11H2,1-5H3. The third-order valence-electron chi connectivity index (χ3n) is 4.00. The summed E-state index contributed by atoms with van der Waals surface area (Å²) in [6.45, 7) is 6.93. The SMILES string of the molecule is COc1ccc(C(C)NC2CSCC(C)(C)C2)cc1OC. The molecule has 3 nitrogen and oxygen atoms in total. The molecule has 0 saturated carbocycles. The van der Waals surface area contributed by atoms with Gasteiger partial charge in [0.25, 0.3) is 0 Å². The van der Waals surface area contributed by atoms with Crippen LogP contribution in [0.4, 0.5) is 0 Å². The fourth-order valence-electron chi connectivity index (χ4n) is 2.94. The molecule has 1 aromatic carbocycles. The lowest BCUT2D eigenvalue weighted by molar-refractivity contribution is 0.304. The van der Waals surface area contributed by atoms with E-state index in [1.54, 1.807) is 14.2 Å². The molecule has 1 aromatic rings. The van der Waals surface area contributed by atoms with E-state index in [0.717, 1.165) is 11.5 Å². The summed E-state index contributed by atoms with van der Waals surface area (Å²) in [4.78, 5) is 0. The molecule has 0 spiro atoms. The predicted octanol–water partition coefficient (Wildman–Crippen LogP) is 3.89. The Hall–Kier alpha value is -0.870. The van der Waals surface area contributed by atoms with Gasteiger partial charge in [-0.05, 0) is 42.2 Å². The van der Waals surface area contributed by atoms with Crippen molar-refractivity contribution in [3.05, 3.63) is 23.8 Å². The third-order valence-corrected chi connectivity index (χ3v) is 5.63. The van der Waals surface area contributed by atoms with Crippen LogP contribution in [0, 0.1) is 5.41 Å². The molecule has 1 N–H and O–H groups in total. The molecular weight excluding hydrogens is 282 g/mol. The number of methoxy groups -OCH3 is 2. The molecule has 2 rings (SSSR count). The lowest BCUT2D eigenvalue weighted by atomic mass is 9.87. The van der Waals surface area contributed by atoms with Gasteiger partial charge in [0.15, 0.2) is 11.5 Å². The van der Waals surface area contributed by atoms with Crippen LogP contribution in [0.15, 0.2) is 18.2 Å². The number of ether oxygens (including phenoxy) is 2. The van der Waals surface area contributed by atoms with Gasteiger partial charge in [-0.15, -0.1) is 0 Å². The van der Waals surface area contributed by atoms with E-state index >= 15 is 0 Å². The van der Waals surface area contributed by atoms with Crippen LogP contribution in [0.1, 0.15) is 38.8 Å². The van der Waals surface area contributed by atoms with Gasteiger partial charge in [-0.1, -0.05) is 19.9 Å². The summed E-state index contributed by atoms with van der Waals surface area (Å²) in [7, 11) is 3.35. The Morgan fingerprint density at radius 1 is 1.24 bits per heavy atom. The maximum atomic E-state index is 5.39. The summed E-state index contributed by atoms with van der Waals surface area (Å²) >= 11 is 2.05. The van der Waals surface area contributed by atoms with Crippen LogP contribution in [-0.4, -0.2) is 31.8 Å². The molecule has 0 bridgehead atoms. The smallest absolute Gasteiger partial charge is 0.161 e. The minimum Gasteiger partial charge on any atom is -0.493 e. The Morgan fingerprint density at radius 3 is 2.57 bits per heavy atom. The van der Waals surface area contributed by atoms with Crippen LogP contribution in [-0.2, 0) is 0 Å². The van der Waals surface area contributed by atoms with Crippen LogP contribution in [0.5, 0.6) is 11.5 Å². The molecule has 0 radical (unpaired) electrons. The van der Waals surface area contributed by atoms with E-state index in [-0.39, 0.29) is 0 Å². The van der Waals surface area contributed by atoms with Gasteiger partial charge in [-0.3, -0.25) is 0 Å². The maximum Gasteiger partial charge on any atom is 0.161 e. The van der Waals surface area contributed by atoms with E-state index in [1.807, 2.05) is 6.07 Å². The highest BCUT2D eigenvalue weighted by molar-refractivity contribution is 7.99. The summed E-state index contributed by atoms with van der Waals surface area (Å²) in [6.07, 6.45) is 1.23. The third kappa shape index (κ3) is 4.30. The first-order valence-electron chi connectivity index (χ1n) is 7.51. The van der Waals surface area contributed by atoms with Crippen LogP contribution in [0.3, 0.4) is 0 Å². The van der Waals surface area contributed by atoms with E-state index in [2.05, 4.69) is 50.0 Å². The topological polar surface area (TPSA) is 30.5 Å². The Bertz CT molecular complexity index is 476. The van der Waals surface area contributed by atoms with E-state index in [9.17, 15) is 0 Å². The molecule has 0 aliphatic carbocycles. The first kappa shape index (κ1) is 16.5. The van der Waals surface area contributed by atoms with Gasteiger partial charge in [0.05, 0.1) is 14.2 Å². The maximum absolute atomic E-state index is 5.39. The summed E-state index contributed by atoms with van der Waals surface area (Å²) in [5, 5.41) is 3.76. The van der Waals surface area contributed by atoms with Crippen molar-refractivity contribution in [1.29, 1.82) is 0 Å². The number of hydrogen-bond acceptors (Lipinski definition) is 4. The average Bonchev–Trinajstić information content (AvgIpc) is 2.45. The highest BCUT2D eigenvalue weighted by Gasteiger charge is 2.29. The lowest BCUT2D eigenvalue weighted by Gasteiger charge is -2.36. The lowest BCUT2D eigenvalue weighted by Crippen LogP contribution is -2.41. The number of hydrogen-bond donors (Lipinski definition) is 1. The minimum atomic E-state index is 0.310. The zero-order valence-corrected chi connectivity index (χ0v) is 14.5. The second-order valence-electron chi connectivity index (χ2n) is 6.58. The largest absolute Gasteiger partial charge is 0.493 e. The van der Waals surface area contributed by atoms with Crippen molar-refractivity contribution in [1.82, 2.24) is 5.32 Å². The average molecular weight is 309 g/mol. The highest BCUT2D eigenvalue weighted by Crippen LogP contribution is 2.35. The van der Waals surface area contributed by atoms with Gasteiger partial charge >= 0.3 is 0 Å². The quantitative estimate of drug-likeness (QED) is 0.894. The second-order valence-corrected chi connectivity index (χ2v) is 7.61. The van der Waals surface area contributed by atoms with Gasteiger partial charge in [0.2, 0.25) is 0 Å². The van der Waals surface area contributed by atoms with Crippen molar-refractivity contribution >= 4 is 11.8 Å². The predicted molar refractivity (Wildman–Crippen MR) is 90.6 cm³/mol. The molecule has 1 aliphatic heterocycles. The highest BCUT2D eigenvalue weighted by atomic mass is 32.2. The Balaban J connectivity index is 2.04. The van der Waals surface area contributed by atoms with E-state index in [1.165, 1.54) is 23.5 Å². The fourth-order valence-corrected chi connectivity index (χ4v) is 4.23.